The van der Waals surface area contributed by atoms with Crippen molar-refractivity contribution in [3.8, 4) is 0 Å². The van der Waals surface area contributed by atoms with Crippen LogP contribution in [0.15, 0.2) is 48.5 Å². The Morgan fingerprint density at radius 1 is 1.00 bits per heavy atom. The van der Waals surface area contributed by atoms with Gasteiger partial charge in [-0.1, -0.05) is 12.1 Å². The summed E-state index contributed by atoms with van der Waals surface area (Å²) < 4.78 is 6.25. The number of hydrogen-bond donors (Lipinski definition) is 2. The van der Waals surface area contributed by atoms with Gasteiger partial charge in [-0.3, -0.25) is 9.59 Å². The van der Waals surface area contributed by atoms with Crippen molar-refractivity contribution in [3.05, 3.63) is 57.7 Å². The zero-order valence-corrected chi connectivity index (χ0v) is 15.1. The third-order valence-electron chi connectivity index (χ3n) is 3.75. The highest BCUT2D eigenvalue weighted by Crippen LogP contribution is 2.19. The molecule has 1 heterocycles. The second kappa shape index (κ2) is 7.76. The number of anilines is 2. The Morgan fingerprint density at radius 3 is 2.29 bits per heavy atom. The van der Waals surface area contributed by atoms with E-state index in [0.717, 1.165) is 16.4 Å². The molecule has 1 fully saturated rings. The zero-order valence-electron chi connectivity index (χ0n) is 12.9. The quantitative estimate of drug-likeness (QED) is 0.720. The van der Waals surface area contributed by atoms with Crippen molar-refractivity contribution in [3.63, 3.8) is 0 Å². The molecule has 0 bridgehead atoms. The summed E-state index contributed by atoms with van der Waals surface area (Å²) in [5.41, 5.74) is 1.99. The number of carbonyl (C=O) groups is 2. The second-order valence-corrected chi connectivity index (χ2v) is 6.66. The van der Waals surface area contributed by atoms with Crippen LogP contribution in [0.5, 0.6) is 0 Å². The maximum absolute atomic E-state index is 12.3. The first-order valence-corrected chi connectivity index (χ1v) is 8.80. The molecule has 3 rings (SSSR count). The minimum absolute atomic E-state index is 0.122. The average molecular weight is 436 g/mol. The largest absolute Gasteiger partial charge is 0.368 e. The van der Waals surface area contributed by atoms with E-state index >= 15 is 0 Å². The Morgan fingerprint density at radius 2 is 1.67 bits per heavy atom. The number of hydrogen-bond acceptors (Lipinski definition) is 3. The summed E-state index contributed by atoms with van der Waals surface area (Å²) in [7, 11) is 0. The first-order valence-electron chi connectivity index (χ1n) is 7.72. The van der Waals surface area contributed by atoms with E-state index in [1.807, 2.05) is 18.2 Å². The minimum Gasteiger partial charge on any atom is -0.368 e. The lowest BCUT2D eigenvalue weighted by atomic mass is 10.2. The highest BCUT2D eigenvalue weighted by molar-refractivity contribution is 14.1. The maximum atomic E-state index is 12.3. The molecule has 0 spiro atoms. The van der Waals surface area contributed by atoms with Crippen LogP contribution in [0, 0.1) is 3.57 Å². The predicted molar refractivity (Wildman–Crippen MR) is 101 cm³/mol. The molecule has 1 aliphatic rings. The van der Waals surface area contributed by atoms with Crippen molar-refractivity contribution < 1.29 is 14.3 Å². The number of benzene rings is 2. The van der Waals surface area contributed by atoms with Gasteiger partial charge in [0.05, 0.1) is 5.56 Å². The number of carbonyl (C=O) groups excluding carboxylic acids is 2. The van der Waals surface area contributed by atoms with E-state index in [2.05, 4.69) is 33.2 Å². The molecule has 6 heteroatoms. The van der Waals surface area contributed by atoms with Gasteiger partial charge in [-0.2, -0.15) is 0 Å². The van der Waals surface area contributed by atoms with Crippen LogP contribution in [0.4, 0.5) is 11.4 Å². The smallest absolute Gasteiger partial charge is 0.256 e. The molecule has 24 heavy (non-hydrogen) atoms. The molecule has 1 atom stereocenters. The summed E-state index contributed by atoms with van der Waals surface area (Å²) >= 11 is 2.13. The van der Waals surface area contributed by atoms with E-state index < -0.39 is 0 Å². The summed E-state index contributed by atoms with van der Waals surface area (Å²) in [5, 5.41) is 5.68. The molecule has 1 saturated heterocycles. The molecule has 2 aromatic rings. The summed E-state index contributed by atoms with van der Waals surface area (Å²) in [6.45, 7) is 0.640. The van der Waals surface area contributed by atoms with Crippen LogP contribution in [0.25, 0.3) is 0 Å². The third-order valence-corrected chi connectivity index (χ3v) is 4.69. The molecule has 0 saturated carbocycles. The van der Waals surface area contributed by atoms with Crippen molar-refractivity contribution >= 4 is 45.8 Å². The molecule has 2 amide bonds. The van der Waals surface area contributed by atoms with E-state index in [4.69, 9.17) is 4.74 Å². The molecule has 1 aliphatic heterocycles. The van der Waals surface area contributed by atoms with E-state index in [1.54, 1.807) is 30.3 Å². The molecule has 2 aromatic carbocycles. The van der Waals surface area contributed by atoms with Crippen molar-refractivity contribution in [2.75, 3.05) is 17.2 Å². The first kappa shape index (κ1) is 16.9. The van der Waals surface area contributed by atoms with Crippen molar-refractivity contribution in [1.29, 1.82) is 0 Å². The van der Waals surface area contributed by atoms with Gasteiger partial charge in [-0.25, -0.2) is 0 Å². The van der Waals surface area contributed by atoms with Crippen molar-refractivity contribution in [2.45, 2.75) is 18.9 Å². The predicted octanol–water partition coefficient (Wildman–Crippen LogP) is 3.66. The van der Waals surface area contributed by atoms with Gasteiger partial charge in [-0.15, -0.1) is 0 Å². The van der Waals surface area contributed by atoms with Gasteiger partial charge >= 0.3 is 0 Å². The van der Waals surface area contributed by atoms with E-state index in [9.17, 15) is 9.59 Å². The summed E-state index contributed by atoms with van der Waals surface area (Å²) in [6, 6.07) is 14.5. The van der Waals surface area contributed by atoms with Crippen LogP contribution in [-0.4, -0.2) is 24.5 Å². The van der Waals surface area contributed by atoms with Crippen molar-refractivity contribution in [1.82, 2.24) is 0 Å². The molecule has 5 nitrogen and oxygen atoms in total. The number of halogens is 1. The Hall–Kier alpha value is -1.93. The third kappa shape index (κ3) is 4.12. The Balaban J connectivity index is 1.61. The van der Waals surface area contributed by atoms with Crippen LogP contribution in [0.3, 0.4) is 0 Å². The number of nitrogens with one attached hydrogen (secondary N) is 2. The van der Waals surface area contributed by atoms with Crippen LogP contribution in [-0.2, 0) is 9.53 Å². The normalized spacial score (nSPS) is 16.6. The van der Waals surface area contributed by atoms with Gasteiger partial charge in [0.2, 0.25) is 0 Å². The lowest BCUT2D eigenvalue weighted by Gasteiger charge is -2.11. The highest BCUT2D eigenvalue weighted by atomic mass is 127. The van der Waals surface area contributed by atoms with Crippen LogP contribution < -0.4 is 10.6 Å². The van der Waals surface area contributed by atoms with Gasteiger partial charge in [0.1, 0.15) is 6.10 Å². The van der Waals surface area contributed by atoms with Gasteiger partial charge < -0.3 is 15.4 Å². The van der Waals surface area contributed by atoms with Gasteiger partial charge in [0.15, 0.2) is 0 Å². The first-order chi connectivity index (χ1) is 11.6. The molecule has 2 N–H and O–H groups in total. The van der Waals surface area contributed by atoms with Gasteiger partial charge in [-0.05, 0) is 71.8 Å². The number of ether oxygens (including phenoxy) is 1. The Kier molecular flexibility index (Phi) is 5.47. The fourth-order valence-electron chi connectivity index (χ4n) is 2.49. The van der Waals surface area contributed by atoms with E-state index in [-0.39, 0.29) is 17.9 Å². The topological polar surface area (TPSA) is 67.4 Å². The summed E-state index contributed by atoms with van der Waals surface area (Å²) in [5.74, 6) is -0.278. The van der Waals surface area contributed by atoms with Gasteiger partial charge in [0, 0.05) is 21.6 Å². The SMILES string of the molecule is O=C(Nc1ccc(NC(=O)[C@H]2CCCO2)cc1)c1ccccc1I. The van der Waals surface area contributed by atoms with Crippen LogP contribution in [0.2, 0.25) is 0 Å². The zero-order chi connectivity index (χ0) is 16.9. The number of amides is 2. The highest BCUT2D eigenvalue weighted by Gasteiger charge is 2.23. The molecular weight excluding hydrogens is 419 g/mol. The molecule has 0 aromatic heterocycles. The minimum atomic E-state index is -0.357. The maximum Gasteiger partial charge on any atom is 0.256 e. The lowest BCUT2D eigenvalue weighted by Crippen LogP contribution is -2.26. The number of rotatable bonds is 4. The molecule has 124 valence electrons. The van der Waals surface area contributed by atoms with Crippen molar-refractivity contribution in [2.24, 2.45) is 0 Å². The molecule has 0 radical (unpaired) electrons. The molecule has 0 unspecified atom stereocenters. The molecule has 0 aliphatic carbocycles. The summed E-state index contributed by atoms with van der Waals surface area (Å²) in [4.78, 5) is 24.3. The van der Waals surface area contributed by atoms with Crippen LogP contribution in [0.1, 0.15) is 23.2 Å². The van der Waals surface area contributed by atoms with Gasteiger partial charge in [0.25, 0.3) is 11.8 Å². The van der Waals surface area contributed by atoms with Crippen LogP contribution >= 0.6 is 22.6 Å². The second-order valence-electron chi connectivity index (χ2n) is 5.50. The Labute approximate surface area is 153 Å². The van der Waals surface area contributed by atoms with E-state index in [0.29, 0.717) is 23.5 Å². The monoisotopic (exact) mass is 436 g/mol. The Bertz CT molecular complexity index is 740. The molecular formula is C18H17IN2O3. The standard InChI is InChI=1S/C18H17IN2O3/c19-15-5-2-1-4-14(15)17(22)20-12-7-9-13(10-8-12)21-18(23)16-6-3-11-24-16/h1-2,4-5,7-10,16H,3,6,11H2,(H,20,22)(H,21,23)/t16-/m1/s1. The fourth-order valence-corrected chi connectivity index (χ4v) is 3.12. The fraction of sp³-hybridized carbons (Fsp3) is 0.222. The lowest BCUT2D eigenvalue weighted by molar-refractivity contribution is -0.124. The average Bonchev–Trinajstić information content (AvgIpc) is 3.11. The van der Waals surface area contributed by atoms with E-state index in [1.165, 1.54) is 0 Å². The summed E-state index contributed by atoms with van der Waals surface area (Å²) in [6.07, 6.45) is 1.32.